The Labute approximate surface area is 130 Å². The van der Waals surface area contributed by atoms with Crippen molar-refractivity contribution in [2.24, 2.45) is 0 Å². The van der Waals surface area contributed by atoms with E-state index in [-0.39, 0.29) is 12.2 Å². The minimum atomic E-state index is -2.64. The molecule has 0 amide bonds. The van der Waals surface area contributed by atoms with E-state index in [2.05, 4.69) is 15.3 Å². The molecule has 2 aromatic heterocycles. The van der Waals surface area contributed by atoms with Crippen LogP contribution in [-0.4, -0.2) is 31.7 Å². The topological polar surface area (TPSA) is 57.8 Å². The molecule has 0 N–H and O–H groups in total. The maximum atomic E-state index is 13.3. The minimum absolute atomic E-state index is 0.187. The van der Waals surface area contributed by atoms with Gasteiger partial charge in [0, 0.05) is 5.56 Å². The van der Waals surface area contributed by atoms with Crippen LogP contribution in [-0.2, 0) is 6.54 Å². The Morgan fingerprint density at radius 2 is 2.13 bits per heavy atom. The predicted octanol–water partition coefficient (Wildman–Crippen LogP) is 2.75. The fraction of sp³-hybridized carbons (Fsp3) is 0.267. The molecular weight excluding hydrogens is 304 g/mol. The monoisotopic (exact) mass is 317 g/mol. The molecular formula is C15H13F2N5O. The number of aryl methyl sites for hydroxylation is 1. The van der Waals surface area contributed by atoms with Gasteiger partial charge >= 0.3 is 0 Å². The van der Waals surface area contributed by atoms with Crippen LogP contribution in [0.25, 0.3) is 16.9 Å². The lowest BCUT2D eigenvalue weighted by Gasteiger charge is -2.11. The third-order valence-electron chi connectivity index (χ3n) is 4.03. The van der Waals surface area contributed by atoms with Gasteiger partial charge in [-0.2, -0.15) is 0 Å². The molecule has 0 aliphatic carbocycles. The first-order chi connectivity index (χ1) is 11.1. The van der Waals surface area contributed by atoms with Crippen molar-refractivity contribution in [2.75, 3.05) is 7.11 Å². The van der Waals surface area contributed by atoms with Gasteiger partial charge in [-0.25, -0.2) is 18.4 Å². The largest absolute Gasteiger partial charge is 0.497 e. The van der Waals surface area contributed by atoms with Crippen molar-refractivity contribution in [1.29, 1.82) is 0 Å². The molecule has 1 aliphatic rings. The van der Waals surface area contributed by atoms with Crippen molar-refractivity contribution in [3.63, 3.8) is 0 Å². The van der Waals surface area contributed by atoms with Gasteiger partial charge in [-0.3, -0.25) is 0 Å². The molecule has 1 aliphatic heterocycles. The highest BCUT2D eigenvalue weighted by atomic mass is 19.3. The molecule has 4 rings (SSSR count). The van der Waals surface area contributed by atoms with Gasteiger partial charge in [0.1, 0.15) is 17.8 Å². The van der Waals surface area contributed by atoms with Crippen molar-refractivity contribution in [3.8, 4) is 22.7 Å². The normalized spacial score (nSPS) is 12.6. The van der Waals surface area contributed by atoms with Crippen LogP contribution in [0.2, 0.25) is 0 Å². The Kier molecular flexibility index (Phi) is 2.93. The minimum Gasteiger partial charge on any atom is -0.497 e. The van der Waals surface area contributed by atoms with E-state index < -0.39 is 6.43 Å². The zero-order valence-corrected chi connectivity index (χ0v) is 12.5. The van der Waals surface area contributed by atoms with Gasteiger partial charge in [0.15, 0.2) is 0 Å². The lowest BCUT2D eigenvalue weighted by molar-refractivity contribution is 0.145. The molecule has 0 spiro atoms. The van der Waals surface area contributed by atoms with Crippen LogP contribution in [0.3, 0.4) is 0 Å². The van der Waals surface area contributed by atoms with E-state index in [1.165, 1.54) is 6.33 Å². The summed E-state index contributed by atoms with van der Waals surface area (Å²) in [4.78, 5) is 3.88. The second kappa shape index (κ2) is 4.87. The summed E-state index contributed by atoms with van der Waals surface area (Å²) in [6.07, 6.45) is -1.21. The molecule has 118 valence electrons. The number of hydrogen-bond donors (Lipinski definition) is 0. The second-order valence-electron chi connectivity index (χ2n) is 5.31. The number of hydrogen-bond acceptors (Lipinski definition) is 4. The molecule has 0 radical (unpaired) electrons. The van der Waals surface area contributed by atoms with Crippen LogP contribution in [0, 0.1) is 6.92 Å². The first kappa shape index (κ1) is 13.9. The van der Waals surface area contributed by atoms with Crippen LogP contribution < -0.4 is 4.74 Å². The summed E-state index contributed by atoms with van der Waals surface area (Å²) in [5, 5.41) is 8.17. The highest BCUT2D eigenvalue weighted by molar-refractivity contribution is 5.74. The summed E-state index contributed by atoms with van der Waals surface area (Å²) in [6.45, 7) is 2.03. The third kappa shape index (κ3) is 1.94. The smallest absolute Gasteiger partial charge is 0.282 e. The van der Waals surface area contributed by atoms with Gasteiger partial charge in [-0.1, -0.05) is 5.21 Å². The van der Waals surface area contributed by atoms with Gasteiger partial charge in [0.2, 0.25) is 0 Å². The second-order valence-corrected chi connectivity index (χ2v) is 5.31. The summed E-state index contributed by atoms with van der Waals surface area (Å²) >= 11 is 0. The highest BCUT2D eigenvalue weighted by Gasteiger charge is 2.28. The lowest BCUT2D eigenvalue weighted by Crippen LogP contribution is -2.07. The number of ether oxygens (including phenoxy) is 1. The van der Waals surface area contributed by atoms with Crippen LogP contribution in [0.15, 0.2) is 24.5 Å². The fourth-order valence-corrected chi connectivity index (χ4v) is 2.96. The van der Waals surface area contributed by atoms with E-state index in [0.29, 0.717) is 11.4 Å². The van der Waals surface area contributed by atoms with Crippen molar-refractivity contribution in [1.82, 2.24) is 24.5 Å². The van der Waals surface area contributed by atoms with Crippen LogP contribution in [0.5, 0.6) is 5.75 Å². The number of halogens is 2. The van der Waals surface area contributed by atoms with Crippen LogP contribution >= 0.6 is 0 Å². The number of fused-ring (bicyclic) bond motifs is 5. The Morgan fingerprint density at radius 3 is 2.87 bits per heavy atom. The number of imidazole rings is 1. The van der Waals surface area contributed by atoms with Crippen molar-refractivity contribution < 1.29 is 13.5 Å². The maximum Gasteiger partial charge on any atom is 0.282 e. The molecule has 0 saturated heterocycles. The lowest BCUT2D eigenvalue weighted by atomic mass is 10.1. The van der Waals surface area contributed by atoms with E-state index in [0.717, 1.165) is 22.6 Å². The third-order valence-corrected chi connectivity index (χ3v) is 4.03. The number of methoxy groups -OCH3 is 1. The van der Waals surface area contributed by atoms with Gasteiger partial charge in [-0.15, -0.1) is 5.10 Å². The van der Waals surface area contributed by atoms with Crippen molar-refractivity contribution in [2.45, 2.75) is 19.9 Å². The summed E-state index contributed by atoms with van der Waals surface area (Å²) in [5.41, 5.74) is 3.29. The van der Waals surface area contributed by atoms with E-state index in [9.17, 15) is 8.78 Å². The average Bonchev–Trinajstić information content (AvgIpc) is 3.08. The molecule has 3 heterocycles. The van der Waals surface area contributed by atoms with Crippen LogP contribution in [0.4, 0.5) is 8.78 Å². The van der Waals surface area contributed by atoms with E-state index >= 15 is 0 Å². The van der Waals surface area contributed by atoms with Gasteiger partial charge in [-0.05, 0) is 25.1 Å². The molecule has 0 atom stereocenters. The van der Waals surface area contributed by atoms with Crippen molar-refractivity contribution >= 4 is 0 Å². The Bertz CT molecular complexity index is 899. The molecule has 6 nitrogen and oxygen atoms in total. The highest BCUT2D eigenvalue weighted by Crippen LogP contribution is 2.37. The zero-order chi connectivity index (χ0) is 16.1. The number of rotatable bonds is 2. The quantitative estimate of drug-likeness (QED) is 0.570. The molecule has 0 saturated carbocycles. The van der Waals surface area contributed by atoms with Gasteiger partial charge < -0.3 is 9.30 Å². The molecule has 0 bridgehead atoms. The predicted molar refractivity (Wildman–Crippen MR) is 77.9 cm³/mol. The summed E-state index contributed by atoms with van der Waals surface area (Å²) in [7, 11) is 1.58. The standard InChI is InChI=1S/C15H13F2N5O/c1-8-14-10-5-9(23-2)3-4-11(10)21-7-18-13(15(16)17)12(21)6-22(14)20-19-8/h3-5,7,15H,6H2,1-2H3. The molecule has 1 aromatic carbocycles. The van der Waals surface area contributed by atoms with Gasteiger partial charge in [0.05, 0.1) is 36.4 Å². The summed E-state index contributed by atoms with van der Waals surface area (Å²) < 4.78 is 35.1. The molecule has 0 unspecified atom stereocenters. The van der Waals surface area contributed by atoms with Crippen LogP contribution in [0.1, 0.15) is 23.5 Å². The zero-order valence-electron chi connectivity index (χ0n) is 12.5. The molecule has 23 heavy (non-hydrogen) atoms. The first-order valence-corrected chi connectivity index (χ1v) is 7.03. The Hall–Kier alpha value is -2.77. The first-order valence-electron chi connectivity index (χ1n) is 7.03. The number of aromatic nitrogens is 5. The fourth-order valence-electron chi connectivity index (χ4n) is 2.96. The summed E-state index contributed by atoms with van der Waals surface area (Å²) in [6, 6.07) is 5.48. The molecule has 3 aromatic rings. The Balaban J connectivity index is 2.06. The number of alkyl halides is 2. The van der Waals surface area contributed by atoms with Gasteiger partial charge in [0.25, 0.3) is 6.43 Å². The SMILES string of the molecule is COc1ccc2c(c1)-c1c(C)nnn1Cc1c(C(F)F)ncn1-2. The molecule has 0 fully saturated rings. The maximum absolute atomic E-state index is 13.3. The van der Waals surface area contributed by atoms with E-state index in [1.54, 1.807) is 22.4 Å². The average molecular weight is 317 g/mol. The van der Waals surface area contributed by atoms with Crippen molar-refractivity contribution in [3.05, 3.63) is 41.6 Å². The molecule has 8 heteroatoms. The van der Waals surface area contributed by atoms with E-state index in [4.69, 9.17) is 4.74 Å². The van der Waals surface area contributed by atoms with E-state index in [1.807, 2.05) is 19.1 Å². The number of nitrogens with zero attached hydrogens (tertiary/aromatic N) is 5. The summed E-state index contributed by atoms with van der Waals surface area (Å²) in [5.74, 6) is 0.675. The Morgan fingerprint density at radius 1 is 1.30 bits per heavy atom. The number of benzene rings is 1.